The van der Waals surface area contributed by atoms with Gasteiger partial charge in [0.25, 0.3) is 0 Å². The lowest BCUT2D eigenvalue weighted by atomic mass is 9.83. The highest BCUT2D eigenvalue weighted by molar-refractivity contribution is 9.11. The number of esters is 1. The Hall–Kier alpha value is -1.98. The van der Waals surface area contributed by atoms with Gasteiger partial charge in [-0.3, -0.25) is 0 Å². The minimum absolute atomic E-state index is 0.0311. The second-order valence-electron chi connectivity index (χ2n) is 4.94. The van der Waals surface area contributed by atoms with Crippen molar-refractivity contribution in [2.24, 2.45) is 5.73 Å². The standard InChI is InChI=1S/C16H14Br2N2O4/c1-3-23-16(22)13-7(2)24-15(20)9(6-19)14(13)8-4-12(21)11(18)5-10(8)17/h4-5,14,21H,3,20H2,1-2H3. The zero-order valence-corrected chi connectivity index (χ0v) is 16.1. The summed E-state index contributed by atoms with van der Waals surface area (Å²) in [6.45, 7) is 3.44. The van der Waals surface area contributed by atoms with Crippen molar-refractivity contribution in [1.29, 1.82) is 5.26 Å². The van der Waals surface area contributed by atoms with Gasteiger partial charge in [0.1, 0.15) is 23.2 Å². The number of aromatic hydroxyl groups is 1. The maximum Gasteiger partial charge on any atom is 0.338 e. The van der Waals surface area contributed by atoms with E-state index in [1.807, 2.05) is 6.07 Å². The fourth-order valence-corrected chi connectivity index (χ4v) is 3.66. The predicted octanol–water partition coefficient (Wildman–Crippen LogP) is 3.56. The Kier molecular flexibility index (Phi) is 5.57. The summed E-state index contributed by atoms with van der Waals surface area (Å²) < 4.78 is 11.5. The van der Waals surface area contributed by atoms with E-state index >= 15 is 0 Å². The monoisotopic (exact) mass is 456 g/mol. The summed E-state index contributed by atoms with van der Waals surface area (Å²) in [5, 5.41) is 19.5. The molecule has 0 aromatic heterocycles. The maximum atomic E-state index is 12.4. The smallest absolute Gasteiger partial charge is 0.338 e. The van der Waals surface area contributed by atoms with E-state index in [1.165, 1.54) is 6.07 Å². The fourth-order valence-electron chi connectivity index (χ4n) is 2.44. The molecule has 0 saturated carbocycles. The van der Waals surface area contributed by atoms with Crippen molar-refractivity contribution in [3.05, 3.63) is 49.4 Å². The van der Waals surface area contributed by atoms with Gasteiger partial charge < -0.3 is 20.3 Å². The number of ether oxygens (including phenoxy) is 2. The molecule has 1 unspecified atom stereocenters. The molecular formula is C16H14Br2N2O4. The molecule has 126 valence electrons. The number of hydrogen-bond donors (Lipinski definition) is 2. The molecule has 8 heteroatoms. The molecule has 0 radical (unpaired) electrons. The van der Waals surface area contributed by atoms with Crippen LogP contribution < -0.4 is 5.73 Å². The predicted molar refractivity (Wildman–Crippen MR) is 93.5 cm³/mol. The zero-order valence-electron chi connectivity index (χ0n) is 12.9. The molecule has 0 bridgehead atoms. The SMILES string of the molecule is CCOC(=O)C1=C(C)OC(N)=C(C#N)C1c1cc(O)c(Br)cc1Br. The first kappa shape index (κ1) is 18.4. The van der Waals surface area contributed by atoms with E-state index in [1.54, 1.807) is 19.9 Å². The molecule has 2 rings (SSSR count). The fraction of sp³-hybridized carbons (Fsp3) is 0.250. The molecule has 1 aromatic carbocycles. The number of nitrogens with zero attached hydrogens (tertiary/aromatic N) is 1. The van der Waals surface area contributed by atoms with E-state index in [0.29, 0.717) is 14.5 Å². The Morgan fingerprint density at radius 1 is 1.46 bits per heavy atom. The van der Waals surface area contributed by atoms with E-state index in [4.69, 9.17) is 15.2 Å². The minimum Gasteiger partial charge on any atom is -0.507 e. The van der Waals surface area contributed by atoms with Crippen LogP contribution >= 0.6 is 31.9 Å². The molecule has 0 aliphatic carbocycles. The van der Waals surface area contributed by atoms with Crippen molar-refractivity contribution < 1.29 is 19.4 Å². The van der Waals surface area contributed by atoms with Gasteiger partial charge in [-0.05, 0) is 47.5 Å². The van der Waals surface area contributed by atoms with E-state index in [-0.39, 0.29) is 35.1 Å². The number of hydrogen-bond acceptors (Lipinski definition) is 6. The third kappa shape index (κ3) is 3.28. The number of phenolic OH excluding ortho intramolecular Hbond substituents is 1. The summed E-state index contributed by atoms with van der Waals surface area (Å²) in [7, 11) is 0. The van der Waals surface area contributed by atoms with E-state index in [2.05, 4.69) is 31.9 Å². The highest BCUT2D eigenvalue weighted by Gasteiger charge is 2.37. The Morgan fingerprint density at radius 2 is 2.12 bits per heavy atom. The molecule has 0 spiro atoms. The van der Waals surface area contributed by atoms with Crippen LogP contribution in [0, 0.1) is 11.3 Å². The number of allylic oxidation sites excluding steroid dienone is 2. The Balaban J connectivity index is 2.72. The Labute approximate surface area is 155 Å². The molecule has 1 aliphatic heterocycles. The quantitative estimate of drug-likeness (QED) is 0.672. The van der Waals surface area contributed by atoms with Crippen LogP contribution in [0.3, 0.4) is 0 Å². The van der Waals surface area contributed by atoms with Crippen LogP contribution in [-0.2, 0) is 14.3 Å². The van der Waals surface area contributed by atoms with Crippen LogP contribution in [0.1, 0.15) is 25.3 Å². The lowest BCUT2D eigenvalue weighted by molar-refractivity contribution is -0.139. The van der Waals surface area contributed by atoms with E-state index in [9.17, 15) is 15.2 Å². The lowest BCUT2D eigenvalue weighted by Crippen LogP contribution is -2.25. The highest BCUT2D eigenvalue weighted by atomic mass is 79.9. The van der Waals surface area contributed by atoms with E-state index in [0.717, 1.165) is 0 Å². The van der Waals surface area contributed by atoms with Crippen LogP contribution in [-0.4, -0.2) is 17.7 Å². The summed E-state index contributed by atoms with van der Waals surface area (Å²) in [5.74, 6) is -1.27. The van der Waals surface area contributed by atoms with Crippen LogP contribution in [0.5, 0.6) is 5.75 Å². The van der Waals surface area contributed by atoms with Crippen molar-refractivity contribution >= 4 is 37.8 Å². The third-order valence-electron chi connectivity index (χ3n) is 3.48. The van der Waals surface area contributed by atoms with Crippen molar-refractivity contribution in [2.75, 3.05) is 6.61 Å². The second-order valence-corrected chi connectivity index (χ2v) is 6.65. The largest absolute Gasteiger partial charge is 0.507 e. The average Bonchev–Trinajstić information content (AvgIpc) is 2.50. The average molecular weight is 458 g/mol. The van der Waals surface area contributed by atoms with Gasteiger partial charge in [-0.25, -0.2) is 4.79 Å². The van der Waals surface area contributed by atoms with Gasteiger partial charge in [-0.2, -0.15) is 5.26 Å². The molecule has 3 N–H and O–H groups in total. The molecule has 1 aromatic rings. The lowest BCUT2D eigenvalue weighted by Gasteiger charge is -2.27. The van der Waals surface area contributed by atoms with Gasteiger partial charge in [0, 0.05) is 4.47 Å². The number of phenols is 1. The Bertz CT molecular complexity index is 809. The van der Waals surface area contributed by atoms with Gasteiger partial charge >= 0.3 is 5.97 Å². The summed E-state index contributed by atoms with van der Waals surface area (Å²) >= 11 is 6.62. The summed E-state index contributed by atoms with van der Waals surface area (Å²) in [6, 6.07) is 5.07. The van der Waals surface area contributed by atoms with Gasteiger partial charge in [0.05, 0.1) is 22.6 Å². The summed E-state index contributed by atoms with van der Waals surface area (Å²) in [6.07, 6.45) is 0. The molecule has 24 heavy (non-hydrogen) atoms. The second kappa shape index (κ2) is 7.28. The van der Waals surface area contributed by atoms with E-state index < -0.39 is 11.9 Å². The molecule has 1 heterocycles. The Morgan fingerprint density at radius 3 is 2.71 bits per heavy atom. The third-order valence-corrected chi connectivity index (χ3v) is 4.80. The normalized spacial score (nSPS) is 17.4. The molecule has 1 aliphatic rings. The van der Waals surface area contributed by atoms with Crippen LogP contribution in [0.2, 0.25) is 0 Å². The van der Waals surface area contributed by atoms with Crippen LogP contribution in [0.15, 0.2) is 43.9 Å². The first-order valence-electron chi connectivity index (χ1n) is 6.95. The minimum atomic E-state index is -0.809. The molecule has 0 fully saturated rings. The van der Waals surface area contributed by atoms with Crippen molar-refractivity contribution in [3.8, 4) is 11.8 Å². The number of nitrogens with two attached hydrogens (primary N) is 1. The number of carbonyl (C=O) groups excluding carboxylic acids is 1. The van der Waals surface area contributed by atoms with Gasteiger partial charge in [-0.1, -0.05) is 15.9 Å². The maximum absolute atomic E-state index is 12.4. The number of rotatable bonds is 3. The first-order chi connectivity index (χ1) is 11.3. The number of halogens is 2. The van der Waals surface area contributed by atoms with Gasteiger partial charge in [0.15, 0.2) is 0 Å². The summed E-state index contributed by atoms with van der Waals surface area (Å²) in [4.78, 5) is 12.4. The first-order valence-corrected chi connectivity index (χ1v) is 8.53. The molecule has 0 saturated heterocycles. The molecular weight excluding hydrogens is 444 g/mol. The molecule has 1 atom stereocenters. The van der Waals surface area contributed by atoms with Crippen LogP contribution in [0.4, 0.5) is 0 Å². The molecule has 0 amide bonds. The number of nitriles is 1. The van der Waals surface area contributed by atoms with Crippen molar-refractivity contribution in [3.63, 3.8) is 0 Å². The van der Waals surface area contributed by atoms with Gasteiger partial charge in [-0.15, -0.1) is 0 Å². The van der Waals surface area contributed by atoms with Crippen molar-refractivity contribution in [2.45, 2.75) is 19.8 Å². The highest BCUT2D eigenvalue weighted by Crippen LogP contribution is 2.44. The van der Waals surface area contributed by atoms with Gasteiger partial charge in [0.2, 0.25) is 5.88 Å². The van der Waals surface area contributed by atoms with Crippen molar-refractivity contribution in [1.82, 2.24) is 0 Å². The molecule has 6 nitrogen and oxygen atoms in total. The zero-order chi connectivity index (χ0) is 18.0. The summed E-state index contributed by atoms with van der Waals surface area (Å²) in [5.41, 5.74) is 6.57. The topological polar surface area (TPSA) is 106 Å². The van der Waals surface area contributed by atoms with Crippen LogP contribution in [0.25, 0.3) is 0 Å². The number of carbonyl (C=O) groups is 1. The number of benzene rings is 1.